The molecule has 16 heavy (non-hydrogen) atoms. The van der Waals surface area contributed by atoms with Crippen LogP contribution in [0.5, 0.6) is 0 Å². The molecule has 0 radical (unpaired) electrons. The van der Waals surface area contributed by atoms with Crippen molar-refractivity contribution < 1.29 is 14.8 Å². The minimum Gasteiger partial charge on any atom is -0.383 e. The van der Waals surface area contributed by atoms with Crippen LogP contribution in [0.2, 0.25) is 0 Å². The molecule has 0 unspecified atom stereocenters. The minimum absolute atomic E-state index is 0.0472. The number of non-ortho nitro benzene ring substituents is 1. The molecule has 6 nitrogen and oxygen atoms in total. The molecule has 1 rings (SSSR count). The molecule has 6 heteroatoms. The predicted octanol–water partition coefficient (Wildman–Crippen LogP) is 1.30. The van der Waals surface area contributed by atoms with Gasteiger partial charge >= 0.3 is 0 Å². The van der Waals surface area contributed by atoms with Crippen LogP contribution in [0, 0.1) is 10.1 Å². The molecule has 0 spiro atoms. The smallest absolute Gasteiger partial charge is 0.269 e. The van der Waals surface area contributed by atoms with Gasteiger partial charge in [0, 0.05) is 17.8 Å². The molecule has 2 N–H and O–H groups in total. The molecule has 1 amide bonds. The zero-order chi connectivity index (χ0) is 12.1. The van der Waals surface area contributed by atoms with Gasteiger partial charge in [-0.15, -0.1) is 0 Å². The van der Waals surface area contributed by atoms with Gasteiger partial charge < -0.3 is 10.4 Å². The number of anilines is 1. The van der Waals surface area contributed by atoms with Crippen molar-refractivity contribution in [3.63, 3.8) is 0 Å². The number of hydrogen-bond donors (Lipinski definition) is 2. The Hall–Kier alpha value is -1.95. The summed E-state index contributed by atoms with van der Waals surface area (Å²) in [6.45, 7) is 1.68. The van der Waals surface area contributed by atoms with Gasteiger partial charge in [-0.2, -0.15) is 0 Å². The van der Waals surface area contributed by atoms with Crippen LogP contribution in [0.15, 0.2) is 24.3 Å². The van der Waals surface area contributed by atoms with Gasteiger partial charge in [0.25, 0.3) is 11.6 Å². The molecule has 1 aromatic carbocycles. The molecule has 0 aliphatic carbocycles. The predicted molar refractivity (Wildman–Crippen MR) is 58.0 cm³/mol. The molecular formula is C10H12N2O4. The highest BCUT2D eigenvalue weighted by molar-refractivity contribution is 5.93. The molecule has 86 valence electrons. The van der Waals surface area contributed by atoms with Gasteiger partial charge in [-0.25, -0.2) is 0 Å². The topological polar surface area (TPSA) is 92.5 Å². The molecule has 0 fully saturated rings. The maximum absolute atomic E-state index is 11.3. The largest absolute Gasteiger partial charge is 0.383 e. The van der Waals surface area contributed by atoms with Crippen LogP contribution in [0.4, 0.5) is 11.4 Å². The number of carbonyl (C=O) groups excluding carboxylic acids is 1. The lowest BCUT2D eigenvalue weighted by Crippen LogP contribution is -2.26. The second-order valence-corrected chi connectivity index (χ2v) is 3.22. The summed E-state index contributed by atoms with van der Waals surface area (Å²) >= 11 is 0. The van der Waals surface area contributed by atoms with Crippen LogP contribution >= 0.6 is 0 Å². The Balaban J connectivity index is 2.69. The zero-order valence-electron chi connectivity index (χ0n) is 8.71. The fraction of sp³-hybridized carbons (Fsp3) is 0.300. The first-order chi connectivity index (χ1) is 7.54. The van der Waals surface area contributed by atoms with E-state index in [1.165, 1.54) is 24.3 Å². The van der Waals surface area contributed by atoms with E-state index in [0.717, 1.165) is 0 Å². The molecule has 0 bridgehead atoms. The first kappa shape index (κ1) is 12.1. The summed E-state index contributed by atoms with van der Waals surface area (Å²) in [6.07, 6.45) is -0.742. The van der Waals surface area contributed by atoms with Crippen molar-refractivity contribution in [2.45, 2.75) is 19.4 Å². The number of amides is 1. The summed E-state index contributed by atoms with van der Waals surface area (Å²) in [5, 5.41) is 22.0. The average Bonchev–Trinajstić information content (AvgIpc) is 2.28. The number of carbonyl (C=O) groups is 1. The number of nitrogens with one attached hydrogen (secondary N) is 1. The molecule has 0 aromatic heterocycles. The first-order valence-corrected chi connectivity index (χ1v) is 4.78. The van der Waals surface area contributed by atoms with E-state index in [1.807, 2.05) is 0 Å². The van der Waals surface area contributed by atoms with Crippen LogP contribution in [0.1, 0.15) is 13.3 Å². The van der Waals surface area contributed by atoms with Crippen LogP contribution in [0.25, 0.3) is 0 Å². The third kappa shape index (κ3) is 3.03. The monoisotopic (exact) mass is 224 g/mol. The van der Waals surface area contributed by atoms with Crippen molar-refractivity contribution in [2.24, 2.45) is 0 Å². The number of benzene rings is 1. The van der Waals surface area contributed by atoms with E-state index >= 15 is 0 Å². The Morgan fingerprint density at radius 3 is 2.50 bits per heavy atom. The molecular weight excluding hydrogens is 212 g/mol. The molecule has 0 saturated carbocycles. The highest BCUT2D eigenvalue weighted by atomic mass is 16.6. The summed E-state index contributed by atoms with van der Waals surface area (Å²) in [5.74, 6) is -0.517. The second kappa shape index (κ2) is 5.22. The van der Waals surface area contributed by atoms with Gasteiger partial charge in [0.2, 0.25) is 0 Å². The number of aliphatic hydroxyl groups is 1. The van der Waals surface area contributed by atoms with E-state index in [-0.39, 0.29) is 5.69 Å². The lowest BCUT2D eigenvalue weighted by atomic mass is 10.2. The van der Waals surface area contributed by atoms with Crippen LogP contribution in [-0.4, -0.2) is 22.0 Å². The summed E-state index contributed by atoms with van der Waals surface area (Å²) in [7, 11) is 0. The molecule has 0 saturated heterocycles. The van der Waals surface area contributed by atoms with E-state index in [2.05, 4.69) is 5.32 Å². The maximum Gasteiger partial charge on any atom is 0.269 e. The molecule has 1 aromatic rings. The van der Waals surface area contributed by atoms with Gasteiger partial charge in [-0.05, 0) is 18.6 Å². The highest BCUT2D eigenvalue weighted by Gasteiger charge is 2.12. The standard InChI is InChI=1S/C10H12N2O4/c1-2-9(13)10(14)11-7-3-5-8(6-4-7)12(15)16/h3-6,9,13H,2H2,1H3,(H,11,14)/t9-/m0/s1. The number of nitro groups is 1. The van der Waals surface area contributed by atoms with E-state index in [9.17, 15) is 20.0 Å². The summed E-state index contributed by atoms with van der Waals surface area (Å²) in [5.41, 5.74) is 0.372. The molecule has 0 aliphatic heterocycles. The van der Waals surface area contributed by atoms with Gasteiger partial charge in [-0.1, -0.05) is 6.92 Å². The Bertz CT molecular complexity index is 388. The summed E-state index contributed by atoms with van der Waals surface area (Å²) < 4.78 is 0. The van der Waals surface area contributed by atoms with Gasteiger partial charge in [0.1, 0.15) is 6.10 Å². The van der Waals surface area contributed by atoms with Crippen LogP contribution in [-0.2, 0) is 4.79 Å². The Kier molecular flexibility index (Phi) is 3.96. The fourth-order valence-corrected chi connectivity index (χ4v) is 1.08. The summed E-state index contributed by atoms with van der Waals surface area (Å²) in [4.78, 5) is 21.1. The van der Waals surface area contributed by atoms with E-state index < -0.39 is 16.9 Å². The van der Waals surface area contributed by atoms with Crippen LogP contribution < -0.4 is 5.32 Å². The third-order valence-electron chi connectivity index (χ3n) is 2.04. The minimum atomic E-state index is -1.06. The second-order valence-electron chi connectivity index (χ2n) is 3.22. The Labute approximate surface area is 92.0 Å². The number of aliphatic hydroxyl groups excluding tert-OH is 1. The first-order valence-electron chi connectivity index (χ1n) is 4.78. The van der Waals surface area contributed by atoms with Crippen molar-refractivity contribution in [1.29, 1.82) is 0 Å². The molecule has 0 aliphatic rings. The number of nitrogens with zero attached hydrogens (tertiary/aromatic N) is 1. The third-order valence-corrected chi connectivity index (χ3v) is 2.04. The van der Waals surface area contributed by atoms with Crippen molar-refractivity contribution in [3.8, 4) is 0 Å². The molecule has 1 atom stereocenters. The highest BCUT2D eigenvalue weighted by Crippen LogP contribution is 2.15. The van der Waals surface area contributed by atoms with E-state index in [1.54, 1.807) is 6.92 Å². The van der Waals surface area contributed by atoms with E-state index in [0.29, 0.717) is 12.1 Å². The number of nitro benzene ring substituents is 1. The van der Waals surface area contributed by atoms with Gasteiger partial charge in [0.05, 0.1) is 4.92 Å². The van der Waals surface area contributed by atoms with Crippen molar-refractivity contribution >= 4 is 17.3 Å². The number of hydrogen-bond acceptors (Lipinski definition) is 4. The Morgan fingerprint density at radius 2 is 2.06 bits per heavy atom. The SMILES string of the molecule is CC[C@H](O)C(=O)Nc1ccc([N+](=O)[O-])cc1. The maximum atomic E-state index is 11.3. The average molecular weight is 224 g/mol. The lowest BCUT2D eigenvalue weighted by molar-refractivity contribution is -0.384. The van der Waals surface area contributed by atoms with Crippen molar-refractivity contribution in [2.75, 3.05) is 5.32 Å². The quantitative estimate of drug-likeness (QED) is 0.595. The van der Waals surface area contributed by atoms with Gasteiger partial charge in [0.15, 0.2) is 0 Å². The van der Waals surface area contributed by atoms with E-state index in [4.69, 9.17) is 0 Å². The molecule has 0 heterocycles. The van der Waals surface area contributed by atoms with Crippen molar-refractivity contribution in [1.82, 2.24) is 0 Å². The number of rotatable bonds is 4. The zero-order valence-corrected chi connectivity index (χ0v) is 8.71. The normalized spacial score (nSPS) is 11.9. The van der Waals surface area contributed by atoms with Gasteiger partial charge in [-0.3, -0.25) is 14.9 Å². The summed E-state index contributed by atoms with van der Waals surface area (Å²) in [6, 6.07) is 5.40. The van der Waals surface area contributed by atoms with Crippen LogP contribution in [0.3, 0.4) is 0 Å². The lowest BCUT2D eigenvalue weighted by Gasteiger charge is -2.08. The Morgan fingerprint density at radius 1 is 1.50 bits per heavy atom. The van der Waals surface area contributed by atoms with Crippen molar-refractivity contribution in [3.05, 3.63) is 34.4 Å². The fourth-order valence-electron chi connectivity index (χ4n) is 1.08.